The molecule has 3 heterocycles. The molecular weight excluding hydrogens is 546 g/mol. The van der Waals surface area contributed by atoms with Gasteiger partial charge in [-0.05, 0) is 43.8 Å². The quantitative estimate of drug-likeness (QED) is 0.427. The molecule has 2 saturated heterocycles. The SMILES string of the molecule is CCCS(=O)(=O)N1CCN(c2ccc(NC(=O)c3cc(=O)c4cc(OC)cc(N5CCN(C)CC5)c4o3)cc2)CC1. The van der Waals surface area contributed by atoms with Crippen molar-refractivity contribution in [3.05, 3.63) is 58.4 Å². The number of rotatable bonds is 8. The van der Waals surface area contributed by atoms with Gasteiger partial charge in [-0.2, -0.15) is 4.31 Å². The molecule has 2 aliphatic heterocycles. The zero-order chi connectivity index (χ0) is 29.1. The molecule has 2 fully saturated rings. The number of nitrogens with zero attached hydrogens (tertiary/aromatic N) is 4. The third-order valence-corrected chi connectivity index (χ3v) is 9.75. The van der Waals surface area contributed by atoms with Crippen LogP contribution in [0.3, 0.4) is 0 Å². The van der Waals surface area contributed by atoms with Gasteiger partial charge in [0.2, 0.25) is 10.0 Å². The average molecular weight is 584 g/mol. The van der Waals surface area contributed by atoms with Gasteiger partial charge in [0, 0.05) is 75.9 Å². The van der Waals surface area contributed by atoms with E-state index < -0.39 is 15.9 Å². The Morgan fingerprint density at radius 2 is 1.61 bits per heavy atom. The fraction of sp³-hybridized carbons (Fsp3) is 0.448. The highest BCUT2D eigenvalue weighted by molar-refractivity contribution is 7.89. The number of methoxy groups -OCH3 is 1. The number of anilines is 3. The number of likely N-dealkylation sites (N-methyl/N-ethyl adjacent to an activating group) is 1. The van der Waals surface area contributed by atoms with Crippen LogP contribution in [0.2, 0.25) is 0 Å². The lowest BCUT2D eigenvalue weighted by Gasteiger charge is -2.35. The van der Waals surface area contributed by atoms with Crippen molar-refractivity contribution in [1.29, 1.82) is 0 Å². The molecule has 0 radical (unpaired) electrons. The third-order valence-electron chi connectivity index (χ3n) is 7.67. The van der Waals surface area contributed by atoms with Crippen LogP contribution in [0.15, 0.2) is 51.7 Å². The number of fused-ring (bicyclic) bond motifs is 1. The number of ether oxygens (including phenoxy) is 1. The molecule has 1 amide bonds. The lowest BCUT2D eigenvalue weighted by molar-refractivity contribution is 0.0997. The van der Waals surface area contributed by atoms with Crippen LogP contribution < -0.4 is 25.3 Å². The summed E-state index contributed by atoms with van der Waals surface area (Å²) in [4.78, 5) is 32.8. The third kappa shape index (κ3) is 6.34. The van der Waals surface area contributed by atoms with Crippen LogP contribution in [0.5, 0.6) is 5.75 Å². The van der Waals surface area contributed by atoms with Crippen molar-refractivity contribution in [2.75, 3.05) is 87.4 Å². The Bertz CT molecular complexity index is 1560. The summed E-state index contributed by atoms with van der Waals surface area (Å²) in [6.07, 6.45) is 0.602. The summed E-state index contributed by atoms with van der Waals surface area (Å²) < 4.78 is 37.8. The predicted octanol–water partition coefficient (Wildman–Crippen LogP) is 2.67. The fourth-order valence-corrected chi connectivity index (χ4v) is 6.78. The molecule has 0 aliphatic carbocycles. The Kier molecular flexibility index (Phi) is 8.52. The van der Waals surface area contributed by atoms with E-state index in [0.29, 0.717) is 55.0 Å². The largest absolute Gasteiger partial charge is 0.497 e. The van der Waals surface area contributed by atoms with E-state index in [2.05, 4.69) is 27.1 Å². The number of amides is 1. The van der Waals surface area contributed by atoms with E-state index in [1.54, 1.807) is 29.6 Å². The summed E-state index contributed by atoms with van der Waals surface area (Å²) in [5, 5.41) is 3.19. The molecule has 5 rings (SSSR count). The van der Waals surface area contributed by atoms with E-state index in [0.717, 1.165) is 37.6 Å². The first-order valence-electron chi connectivity index (χ1n) is 13.9. The van der Waals surface area contributed by atoms with Gasteiger partial charge in [-0.1, -0.05) is 6.92 Å². The van der Waals surface area contributed by atoms with Gasteiger partial charge >= 0.3 is 0 Å². The van der Waals surface area contributed by atoms with Crippen LogP contribution in [-0.4, -0.2) is 95.8 Å². The van der Waals surface area contributed by atoms with Crippen molar-refractivity contribution in [2.24, 2.45) is 0 Å². The van der Waals surface area contributed by atoms with E-state index in [-0.39, 0.29) is 16.9 Å². The second kappa shape index (κ2) is 12.1. The van der Waals surface area contributed by atoms with E-state index in [1.807, 2.05) is 25.1 Å². The maximum absolute atomic E-state index is 13.2. The number of piperazine rings is 2. The number of hydrogen-bond donors (Lipinski definition) is 1. The van der Waals surface area contributed by atoms with E-state index >= 15 is 0 Å². The highest BCUT2D eigenvalue weighted by Gasteiger charge is 2.26. The summed E-state index contributed by atoms with van der Waals surface area (Å²) >= 11 is 0. The van der Waals surface area contributed by atoms with Gasteiger partial charge in [-0.15, -0.1) is 0 Å². The highest BCUT2D eigenvalue weighted by atomic mass is 32.2. The van der Waals surface area contributed by atoms with E-state index in [1.165, 1.54) is 6.07 Å². The van der Waals surface area contributed by atoms with Crippen LogP contribution in [-0.2, 0) is 10.0 Å². The van der Waals surface area contributed by atoms with Crippen LogP contribution in [0.1, 0.15) is 23.9 Å². The zero-order valence-electron chi connectivity index (χ0n) is 23.8. The standard InChI is InChI=1S/C29H37N5O6S/c1-4-17-41(37,38)34-15-13-32(14-16-34)22-7-5-21(6-8-22)30-29(36)27-20-26(35)24-18-23(39-3)19-25(28(24)40-27)33-11-9-31(2)10-12-33/h5-8,18-20H,4,9-17H2,1-3H3,(H,30,36). The number of carbonyl (C=O) groups excluding carboxylic acids is 1. The van der Waals surface area contributed by atoms with Crippen molar-refractivity contribution in [1.82, 2.24) is 9.21 Å². The fourth-order valence-electron chi connectivity index (χ4n) is 5.29. The molecule has 0 spiro atoms. The van der Waals surface area contributed by atoms with Crippen molar-refractivity contribution in [3.63, 3.8) is 0 Å². The number of carbonyl (C=O) groups is 1. The van der Waals surface area contributed by atoms with Gasteiger partial charge in [-0.25, -0.2) is 8.42 Å². The first kappa shape index (κ1) is 28.9. The molecule has 11 nitrogen and oxygen atoms in total. The van der Waals surface area contributed by atoms with Crippen LogP contribution >= 0.6 is 0 Å². The van der Waals surface area contributed by atoms with Gasteiger partial charge in [0.05, 0.1) is 23.9 Å². The van der Waals surface area contributed by atoms with Gasteiger partial charge in [0.25, 0.3) is 5.91 Å². The average Bonchev–Trinajstić information content (AvgIpc) is 2.97. The van der Waals surface area contributed by atoms with Crippen molar-refractivity contribution in [3.8, 4) is 5.75 Å². The molecule has 0 bridgehead atoms. The predicted molar refractivity (Wildman–Crippen MR) is 161 cm³/mol. The van der Waals surface area contributed by atoms with Crippen LogP contribution in [0, 0.1) is 0 Å². The van der Waals surface area contributed by atoms with Gasteiger partial charge < -0.3 is 29.2 Å². The summed E-state index contributed by atoms with van der Waals surface area (Å²) in [5.41, 5.74) is 2.27. The Morgan fingerprint density at radius 1 is 0.951 bits per heavy atom. The molecule has 0 unspecified atom stereocenters. The molecule has 1 aromatic heterocycles. The Labute approximate surface area is 240 Å². The molecule has 41 heavy (non-hydrogen) atoms. The Balaban J connectivity index is 1.31. The summed E-state index contributed by atoms with van der Waals surface area (Å²) in [6.45, 7) is 7.20. The number of sulfonamides is 1. The molecule has 2 aromatic carbocycles. The number of nitrogens with one attached hydrogen (secondary N) is 1. The molecule has 12 heteroatoms. The number of benzene rings is 2. The minimum absolute atomic E-state index is 0.0727. The Hall–Kier alpha value is -3.61. The molecule has 0 saturated carbocycles. The van der Waals surface area contributed by atoms with Gasteiger partial charge in [-0.3, -0.25) is 9.59 Å². The Morgan fingerprint density at radius 3 is 2.24 bits per heavy atom. The van der Waals surface area contributed by atoms with Crippen molar-refractivity contribution >= 4 is 44.0 Å². The molecule has 1 N–H and O–H groups in total. The second-order valence-corrected chi connectivity index (χ2v) is 12.6. The van der Waals surface area contributed by atoms with E-state index in [9.17, 15) is 18.0 Å². The minimum Gasteiger partial charge on any atom is -0.497 e. The van der Waals surface area contributed by atoms with Crippen molar-refractivity contribution in [2.45, 2.75) is 13.3 Å². The summed E-state index contributed by atoms with van der Waals surface area (Å²) in [5.74, 6) is 0.132. The molecule has 0 atom stereocenters. The molecule has 220 valence electrons. The maximum atomic E-state index is 13.2. The van der Waals surface area contributed by atoms with Crippen LogP contribution in [0.4, 0.5) is 17.1 Å². The van der Waals surface area contributed by atoms with E-state index in [4.69, 9.17) is 9.15 Å². The summed E-state index contributed by atoms with van der Waals surface area (Å²) in [6, 6.07) is 12.0. The van der Waals surface area contributed by atoms with Gasteiger partial charge in [0.15, 0.2) is 16.8 Å². The molecule has 2 aliphatic rings. The normalized spacial score (nSPS) is 17.1. The minimum atomic E-state index is -3.20. The first-order valence-corrected chi connectivity index (χ1v) is 15.5. The van der Waals surface area contributed by atoms with Crippen LogP contribution in [0.25, 0.3) is 11.0 Å². The smallest absolute Gasteiger partial charge is 0.291 e. The topological polar surface area (TPSA) is 116 Å². The first-order chi connectivity index (χ1) is 19.7. The van der Waals surface area contributed by atoms with Gasteiger partial charge in [0.1, 0.15) is 5.75 Å². The monoisotopic (exact) mass is 583 g/mol. The molecule has 3 aromatic rings. The maximum Gasteiger partial charge on any atom is 0.291 e. The lowest BCUT2D eigenvalue weighted by Crippen LogP contribution is -2.49. The molecular formula is C29H37N5O6S. The number of hydrogen-bond acceptors (Lipinski definition) is 9. The zero-order valence-corrected chi connectivity index (χ0v) is 24.6. The summed E-state index contributed by atoms with van der Waals surface area (Å²) in [7, 11) is 0.424. The van der Waals surface area contributed by atoms with Crippen molar-refractivity contribution < 1.29 is 22.4 Å². The lowest BCUT2D eigenvalue weighted by atomic mass is 10.1. The highest BCUT2D eigenvalue weighted by Crippen LogP contribution is 2.32. The second-order valence-electron chi connectivity index (χ2n) is 10.5.